The zero-order valence-electron chi connectivity index (χ0n) is 18.0. The second-order valence-electron chi connectivity index (χ2n) is 8.88. The number of fused-ring (bicyclic) bond motifs is 1. The molecule has 3 heterocycles. The molecule has 5 atom stereocenters. The molecule has 3 aliphatic heterocycles. The molecule has 3 saturated heterocycles. The Bertz CT molecular complexity index is 681. The fraction of sp³-hybridized carbons (Fsp3) is 0.727. The maximum absolute atomic E-state index is 6.30. The van der Waals surface area contributed by atoms with Gasteiger partial charge in [0.15, 0.2) is 17.9 Å². The second-order valence-corrected chi connectivity index (χ2v) is 8.88. The molecule has 1 aromatic rings. The Labute approximate surface area is 173 Å². The summed E-state index contributed by atoms with van der Waals surface area (Å²) in [6.07, 6.45) is -0.568. The number of rotatable bonds is 7. The van der Waals surface area contributed by atoms with Gasteiger partial charge in [-0.05, 0) is 46.2 Å². The molecule has 0 N–H and O–H groups in total. The number of hydrogen-bond donors (Lipinski definition) is 0. The topological polar surface area (TPSA) is 58.6 Å². The van der Waals surface area contributed by atoms with Crippen LogP contribution in [0.15, 0.2) is 30.3 Å². The average Bonchev–Trinajstić information content (AvgIpc) is 3.28. The summed E-state index contributed by atoms with van der Waals surface area (Å²) in [5.41, 5.74) is 1.20. The van der Waals surface area contributed by atoms with Crippen molar-refractivity contribution in [2.75, 3.05) is 31.7 Å². The summed E-state index contributed by atoms with van der Waals surface area (Å²) in [4.78, 5) is 2.23. The molecule has 0 saturated carbocycles. The quantitative estimate of drug-likeness (QED) is 0.644. The fourth-order valence-electron chi connectivity index (χ4n) is 4.20. The van der Waals surface area contributed by atoms with E-state index < -0.39 is 17.9 Å². The average molecular weight is 408 g/mol. The van der Waals surface area contributed by atoms with Crippen LogP contribution in [-0.4, -0.2) is 69.1 Å². The Morgan fingerprint density at radius 3 is 2.45 bits per heavy atom. The van der Waals surface area contributed by atoms with Crippen LogP contribution in [0.4, 0.5) is 5.69 Å². The first kappa shape index (κ1) is 21.0. The number of anilines is 1. The van der Waals surface area contributed by atoms with Gasteiger partial charge in [-0.25, -0.2) is 0 Å². The molecule has 0 aliphatic carbocycles. The Hall–Kier alpha value is -1.22. The highest BCUT2D eigenvalue weighted by Gasteiger charge is 2.58. The van der Waals surface area contributed by atoms with Crippen LogP contribution in [0.2, 0.25) is 0 Å². The summed E-state index contributed by atoms with van der Waals surface area (Å²) in [6.45, 7) is 9.59. The molecule has 3 fully saturated rings. The Morgan fingerprint density at radius 1 is 1.00 bits per heavy atom. The molecule has 0 radical (unpaired) electrons. The number of ether oxygens (including phenoxy) is 6. The van der Waals surface area contributed by atoms with Crippen molar-refractivity contribution in [3.63, 3.8) is 0 Å². The number of para-hydroxylation sites is 1. The molecule has 1 unspecified atom stereocenters. The van der Waals surface area contributed by atoms with Crippen molar-refractivity contribution < 1.29 is 28.4 Å². The van der Waals surface area contributed by atoms with E-state index in [2.05, 4.69) is 24.1 Å². The Kier molecular flexibility index (Phi) is 5.90. The van der Waals surface area contributed by atoms with E-state index in [4.69, 9.17) is 28.4 Å². The molecule has 162 valence electrons. The van der Waals surface area contributed by atoms with Crippen LogP contribution >= 0.6 is 0 Å². The normalized spacial score (nSPS) is 35.0. The lowest BCUT2D eigenvalue weighted by Gasteiger charge is -2.29. The lowest BCUT2D eigenvalue weighted by Crippen LogP contribution is -2.44. The predicted molar refractivity (Wildman–Crippen MR) is 108 cm³/mol. The molecule has 3 aliphatic rings. The first-order chi connectivity index (χ1) is 13.7. The van der Waals surface area contributed by atoms with Crippen molar-refractivity contribution in [1.82, 2.24) is 0 Å². The summed E-state index contributed by atoms with van der Waals surface area (Å²) in [7, 11) is 2.09. The largest absolute Gasteiger partial charge is 0.375 e. The first-order valence-electron chi connectivity index (χ1n) is 10.4. The van der Waals surface area contributed by atoms with Gasteiger partial charge in [0.1, 0.15) is 24.4 Å². The summed E-state index contributed by atoms with van der Waals surface area (Å²) >= 11 is 0. The smallest absolute Gasteiger partial charge is 0.190 e. The summed E-state index contributed by atoms with van der Waals surface area (Å²) in [6, 6.07) is 10.3. The third kappa shape index (κ3) is 4.76. The number of nitrogens with zero attached hydrogens (tertiary/aromatic N) is 1. The maximum Gasteiger partial charge on any atom is 0.190 e. The van der Waals surface area contributed by atoms with Crippen LogP contribution in [-0.2, 0) is 28.4 Å². The predicted octanol–water partition coefficient (Wildman–Crippen LogP) is 2.93. The van der Waals surface area contributed by atoms with Crippen molar-refractivity contribution in [2.45, 2.75) is 76.4 Å². The highest BCUT2D eigenvalue weighted by Crippen LogP contribution is 2.41. The van der Waals surface area contributed by atoms with Gasteiger partial charge < -0.3 is 33.3 Å². The van der Waals surface area contributed by atoms with Gasteiger partial charge in [0, 0.05) is 25.9 Å². The van der Waals surface area contributed by atoms with Crippen LogP contribution in [0, 0.1) is 0 Å². The maximum atomic E-state index is 6.30. The van der Waals surface area contributed by atoms with Gasteiger partial charge >= 0.3 is 0 Å². The van der Waals surface area contributed by atoms with E-state index in [9.17, 15) is 0 Å². The van der Waals surface area contributed by atoms with Crippen molar-refractivity contribution in [1.29, 1.82) is 0 Å². The van der Waals surface area contributed by atoms with Crippen LogP contribution < -0.4 is 4.90 Å². The molecule has 0 amide bonds. The van der Waals surface area contributed by atoms with Crippen molar-refractivity contribution >= 4 is 5.69 Å². The highest BCUT2D eigenvalue weighted by molar-refractivity contribution is 5.44. The molecule has 0 spiro atoms. The summed E-state index contributed by atoms with van der Waals surface area (Å²) in [5, 5.41) is 0. The minimum absolute atomic E-state index is 0.206. The fourth-order valence-corrected chi connectivity index (χ4v) is 4.20. The SMILES string of the molecule is CN(CCCO[C@@H]1[C@H]2OC(C)(C)O[C@H]2O[C@@H]1C1COC(C)(C)O1)c1ccccc1. The van der Waals surface area contributed by atoms with E-state index >= 15 is 0 Å². The van der Waals surface area contributed by atoms with Crippen molar-refractivity contribution in [3.8, 4) is 0 Å². The summed E-state index contributed by atoms with van der Waals surface area (Å²) in [5.74, 6) is -1.29. The molecule has 29 heavy (non-hydrogen) atoms. The lowest BCUT2D eigenvalue weighted by atomic mass is 10.1. The van der Waals surface area contributed by atoms with Crippen LogP contribution in [0.5, 0.6) is 0 Å². The monoisotopic (exact) mass is 407 g/mol. The molecular weight excluding hydrogens is 374 g/mol. The van der Waals surface area contributed by atoms with Gasteiger partial charge in [0.2, 0.25) is 0 Å². The van der Waals surface area contributed by atoms with Gasteiger partial charge in [0.25, 0.3) is 0 Å². The molecular formula is C22H33NO6. The molecule has 0 aromatic heterocycles. The molecule has 7 nitrogen and oxygen atoms in total. The van der Waals surface area contributed by atoms with E-state index in [0.717, 1.165) is 13.0 Å². The van der Waals surface area contributed by atoms with Crippen LogP contribution in [0.25, 0.3) is 0 Å². The van der Waals surface area contributed by atoms with Gasteiger partial charge in [-0.2, -0.15) is 0 Å². The van der Waals surface area contributed by atoms with Crippen molar-refractivity contribution in [3.05, 3.63) is 30.3 Å². The Morgan fingerprint density at radius 2 is 1.76 bits per heavy atom. The van der Waals surface area contributed by atoms with E-state index in [1.165, 1.54) is 5.69 Å². The lowest BCUT2D eigenvalue weighted by molar-refractivity contribution is -0.235. The zero-order chi connectivity index (χ0) is 20.6. The van der Waals surface area contributed by atoms with Crippen LogP contribution in [0.3, 0.4) is 0 Å². The summed E-state index contributed by atoms with van der Waals surface area (Å²) < 4.78 is 36.3. The van der Waals surface area contributed by atoms with Gasteiger partial charge in [0.05, 0.1) is 6.61 Å². The van der Waals surface area contributed by atoms with Crippen LogP contribution in [0.1, 0.15) is 34.1 Å². The van der Waals surface area contributed by atoms with E-state index in [1.807, 2.05) is 45.9 Å². The Balaban J connectivity index is 1.34. The van der Waals surface area contributed by atoms with Crippen molar-refractivity contribution in [2.24, 2.45) is 0 Å². The zero-order valence-corrected chi connectivity index (χ0v) is 18.0. The second kappa shape index (κ2) is 8.13. The molecule has 4 rings (SSSR count). The molecule has 7 heteroatoms. The minimum Gasteiger partial charge on any atom is -0.375 e. The third-order valence-corrected chi connectivity index (χ3v) is 5.57. The number of benzene rings is 1. The van der Waals surface area contributed by atoms with E-state index in [1.54, 1.807) is 0 Å². The molecule has 0 bridgehead atoms. The third-order valence-electron chi connectivity index (χ3n) is 5.57. The minimum atomic E-state index is -0.679. The standard InChI is InChI=1S/C22H33NO6/c1-21(2)25-14-16(27-21)17-18(19-20(26-17)29-22(3,4)28-19)24-13-9-12-23(5)15-10-7-6-8-11-15/h6-8,10-11,16-20H,9,12-14H2,1-5H3/t16?,17-,18+,19-,20-/m1/s1. The van der Waals surface area contributed by atoms with E-state index in [-0.39, 0.29) is 24.4 Å². The van der Waals surface area contributed by atoms with Gasteiger partial charge in [-0.1, -0.05) is 18.2 Å². The highest BCUT2D eigenvalue weighted by atomic mass is 16.8. The molecule has 1 aromatic carbocycles. The van der Waals surface area contributed by atoms with Gasteiger partial charge in [-0.3, -0.25) is 0 Å². The number of hydrogen-bond acceptors (Lipinski definition) is 7. The first-order valence-corrected chi connectivity index (χ1v) is 10.4. The van der Waals surface area contributed by atoms with Gasteiger partial charge in [-0.15, -0.1) is 0 Å². The van der Waals surface area contributed by atoms with E-state index in [0.29, 0.717) is 13.2 Å².